The SMILES string of the molecule is CC1(C(CCS(C)(=O)=O)NN)CCCS1. The van der Waals surface area contributed by atoms with Gasteiger partial charge in [0.15, 0.2) is 0 Å². The minimum Gasteiger partial charge on any atom is -0.271 e. The maximum absolute atomic E-state index is 11.1. The van der Waals surface area contributed by atoms with Gasteiger partial charge in [-0.25, -0.2) is 8.42 Å². The van der Waals surface area contributed by atoms with Gasteiger partial charge in [0.1, 0.15) is 9.84 Å². The summed E-state index contributed by atoms with van der Waals surface area (Å²) in [6.07, 6.45) is 4.16. The number of thioether (sulfide) groups is 1. The largest absolute Gasteiger partial charge is 0.271 e. The van der Waals surface area contributed by atoms with Gasteiger partial charge in [-0.15, -0.1) is 0 Å². The van der Waals surface area contributed by atoms with Crippen LogP contribution in [0.25, 0.3) is 0 Å². The highest BCUT2D eigenvalue weighted by molar-refractivity contribution is 8.00. The van der Waals surface area contributed by atoms with E-state index in [2.05, 4.69) is 12.3 Å². The van der Waals surface area contributed by atoms with Crippen LogP contribution in [0.5, 0.6) is 0 Å². The molecule has 0 bridgehead atoms. The van der Waals surface area contributed by atoms with Crippen LogP contribution < -0.4 is 11.3 Å². The summed E-state index contributed by atoms with van der Waals surface area (Å²) in [7, 11) is -2.89. The van der Waals surface area contributed by atoms with Crippen LogP contribution in [0.2, 0.25) is 0 Å². The lowest BCUT2D eigenvalue weighted by Gasteiger charge is -2.32. The summed E-state index contributed by atoms with van der Waals surface area (Å²) < 4.78 is 22.3. The predicted molar refractivity (Wildman–Crippen MR) is 65.5 cm³/mol. The molecule has 1 aliphatic heterocycles. The number of nitrogens with one attached hydrogen (secondary N) is 1. The zero-order valence-corrected chi connectivity index (χ0v) is 11.0. The van der Waals surface area contributed by atoms with E-state index >= 15 is 0 Å². The fourth-order valence-electron chi connectivity index (χ4n) is 1.97. The molecule has 2 unspecified atom stereocenters. The Kier molecular flexibility index (Phi) is 4.46. The van der Waals surface area contributed by atoms with E-state index in [1.807, 2.05) is 11.8 Å². The molecular formula is C9H20N2O2S2. The van der Waals surface area contributed by atoms with Gasteiger partial charge < -0.3 is 0 Å². The second-order valence-electron chi connectivity index (χ2n) is 4.40. The molecule has 0 aliphatic carbocycles. The van der Waals surface area contributed by atoms with Crippen LogP contribution in [0.1, 0.15) is 26.2 Å². The van der Waals surface area contributed by atoms with Crippen molar-refractivity contribution < 1.29 is 8.42 Å². The number of hydrogen-bond donors (Lipinski definition) is 2. The van der Waals surface area contributed by atoms with Crippen LogP contribution in [-0.4, -0.2) is 37.0 Å². The second-order valence-corrected chi connectivity index (χ2v) is 8.29. The van der Waals surface area contributed by atoms with Crippen LogP contribution in [-0.2, 0) is 9.84 Å². The highest BCUT2D eigenvalue weighted by Crippen LogP contribution is 2.41. The summed E-state index contributed by atoms with van der Waals surface area (Å²) >= 11 is 1.89. The lowest BCUT2D eigenvalue weighted by Crippen LogP contribution is -2.49. The number of nitrogens with two attached hydrogens (primary N) is 1. The third-order valence-corrected chi connectivity index (χ3v) is 5.58. The van der Waals surface area contributed by atoms with E-state index in [4.69, 9.17) is 5.84 Å². The van der Waals surface area contributed by atoms with Crippen LogP contribution in [0.15, 0.2) is 0 Å². The van der Waals surface area contributed by atoms with Crippen molar-refractivity contribution in [3.05, 3.63) is 0 Å². The van der Waals surface area contributed by atoms with Gasteiger partial charge >= 0.3 is 0 Å². The van der Waals surface area contributed by atoms with Gasteiger partial charge in [-0.05, 0) is 31.9 Å². The predicted octanol–water partition coefficient (Wildman–Crippen LogP) is 0.539. The van der Waals surface area contributed by atoms with Crippen molar-refractivity contribution >= 4 is 21.6 Å². The molecule has 0 aromatic rings. The molecule has 1 saturated heterocycles. The lowest BCUT2D eigenvalue weighted by molar-refractivity contribution is 0.398. The van der Waals surface area contributed by atoms with E-state index < -0.39 is 9.84 Å². The van der Waals surface area contributed by atoms with Gasteiger partial charge in [-0.1, -0.05) is 0 Å². The van der Waals surface area contributed by atoms with E-state index in [1.165, 1.54) is 12.7 Å². The molecule has 15 heavy (non-hydrogen) atoms. The minimum absolute atomic E-state index is 0.0831. The molecule has 0 radical (unpaired) electrons. The van der Waals surface area contributed by atoms with Crippen molar-refractivity contribution in [1.29, 1.82) is 0 Å². The Morgan fingerprint density at radius 2 is 2.27 bits per heavy atom. The summed E-state index contributed by atoms with van der Waals surface area (Å²) in [5.74, 6) is 6.86. The molecule has 2 atom stereocenters. The topological polar surface area (TPSA) is 72.2 Å². The monoisotopic (exact) mass is 252 g/mol. The molecule has 0 spiro atoms. The van der Waals surface area contributed by atoms with Crippen molar-refractivity contribution in [2.24, 2.45) is 5.84 Å². The van der Waals surface area contributed by atoms with Crippen molar-refractivity contribution in [1.82, 2.24) is 5.43 Å². The van der Waals surface area contributed by atoms with E-state index in [1.54, 1.807) is 0 Å². The molecule has 1 heterocycles. The minimum atomic E-state index is -2.89. The van der Waals surface area contributed by atoms with Crippen molar-refractivity contribution in [2.45, 2.75) is 37.0 Å². The molecule has 0 amide bonds. The normalized spacial score (nSPS) is 29.3. The van der Waals surface area contributed by atoms with E-state index in [-0.39, 0.29) is 16.5 Å². The number of hydrazine groups is 1. The molecule has 4 nitrogen and oxygen atoms in total. The van der Waals surface area contributed by atoms with E-state index in [9.17, 15) is 8.42 Å². The standard InChI is InChI=1S/C9H20N2O2S2/c1-9(5-3-6-14-9)8(11-10)4-7-15(2,12)13/h8,11H,3-7,10H2,1-2H3. The summed E-state index contributed by atoms with van der Waals surface area (Å²) in [6, 6.07) is 0.0831. The quantitative estimate of drug-likeness (QED) is 0.552. The first-order chi connectivity index (χ1) is 6.87. The Morgan fingerprint density at radius 1 is 1.60 bits per heavy atom. The Morgan fingerprint density at radius 3 is 2.67 bits per heavy atom. The van der Waals surface area contributed by atoms with Gasteiger partial charge in [-0.2, -0.15) is 11.8 Å². The third kappa shape index (κ3) is 3.94. The van der Waals surface area contributed by atoms with Gasteiger partial charge in [0.2, 0.25) is 0 Å². The molecule has 0 aromatic carbocycles. The molecule has 6 heteroatoms. The van der Waals surface area contributed by atoms with E-state index in [0.29, 0.717) is 6.42 Å². The zero-order valence-electron chi connectivity index (χ0n) is 9.32. The maximum atomic E-state index is 11.1. The first-order valence-electron chi connectivity index (χ1n) is 5.15. The first-order valence-corrected chi connectivity index (χ1v) is 8.20. The highest BCUT2D eigenvalue weighted by Gasteiger charge is 2.37. The number of hydrogen-bond acceptors (Lipinski definition) is 5. The third-order valence-electron chi connectivity index (χ3n) is 2.96. The summed E-state index contributed by atoms with van der Waals surface area (Å²) in [5, 5.41) is 0. The van der Waals surface area contributed by atoms with Crippen molar-refractivity contribution in [3.63, 3.8) is 0 Å². The fourth-order valence-corrected chi connectivity index (χ4v) is 4.07. The van der Waals surface area contributed by atoms with Crippen LogP contribution in [0.3, 0.4) is 0 Å². The Labute approximate surface area is 96.3 Å². The van der Waals surface area contributed by atoms with Crippen molar-refractivity contribution in [3.8, 4) is 0 Å². The Hall–Kier alpha value is 0.220. The zero-order chi connectivity index (χ0) is 11.5. The van der Waals surface area contributed by atoms with Gasteiger partial charge in [0, 0.05) is 17.0 Å². The average Bonchev–Trinajstić information content (AvgIpc) is 2.52. The molecule has 1 aliphatic rings. The fraction of sp³-hybridized carbons (Fsp3) is 1.00. The lowest BCUT2D eigenvalue weighted by atomic mass is 9.95. The molecule has 3 N–H and O–H groups in total. The second kappa shape index (κ2) is 5.03. The van der Waals surface area contributed by atoms with Crippen LogP contribution >= 0.6 is 11.8 Å². The highest BCUT2D eigenvalue weighted by atomic mass is 32.2. The van der Waals surface area contributed by atoms with Crippen LogP contribution in [0.4, 0.5) is 0 Å². The molecule has 0 saturated carbocycles. The molecule has 1 rings (SSSR count). The first kappa shape index (κ1) is 13.3. The Balaban J connectivity index is 2.55. The number of rotatable bonds is 5. The van der Waals surface area contributed by atoms with E-state index in [0.717, 1.165) is 12.2 Å². The maximum Gasteiger partial charge on any atom is 0.147 e. The number of sulfone groups is 1. The van der Waals surface area contributed by atoms with Gasteiger partial charge in [0.25, 0.3) is 0 Å². The molecule has 0 aromatic heterocycles. The van der Waals surface area contributed by atoms with Crippen LogP contribution in [0, 0.1) is 0 Å². The summed E-state index contributed by atoms with van der Waals surface area (Å²) in [6.45, 7) is 2.16. The molecule has 1 fully saturated rings. The summed E-state index contributed by atoms with van der Waals surface area (Å²) in [4.78, 5) is 0. The average molecular weight is 252 g/mol. The van der Waals surface area contributed by atoms with Crippen molar-refractivity contribution in [2.75, 3.05) is 17.8 Å². The van der Waals surface area contributed by atoms with Gasteiger partial charge in [0.05, 0.1) is 5.75 Å². The smallest absolute Gasteiger partial charge is 0.147 e. The molecule has 90 valence electrons. The Bertz CT molecular complexity index is 297. The molecular weight excluding hydrogens is 232 g/mol. The van der Waals surface area contributed by atoms with Gasteiger partial charge in [-0.3, -0.25) is 11.3 Å². The summed E-state index contributed by atoms with van der Waals surface area (Å²) in [5.41, 5.74) is 2.77.